The first-order valence-corrected chi connectivity index (χ1v) is 4.32. The fraction of sp³-hybridized carbons (Fsp3) is 0.100. The summed E-state index contributed by atoms with van der Waals surface area (Å²) in [5, 5.41) is 0. The molecule has 0 aliphatic heterocycles. The van der Waals surface area contributed by atoms with Crippen molar-refractivity contribution < 1.29 is 4.39 Å². The lowest BCUT2D eigenvalue weighted by Gasteiger charge is -2.06. The maximum absolute atomic E-state index is 13.4. The van der Waals surface area contributed by atoms with E-state index in [0.717, 1.165) is 6.20 Å². The van der Waals surface area contributed by atoms with Crippen LogP contribution in [0.2, 0.25) is 0 Å². The van der Waals surface area contributed by atoms with Crippen molar-refractivity contribution in [2.24, 2.45) is 7.05 Å². The summed E-state index contributed by atoms with van der Waals surface area (Å²) < 4.78 is 14.7. The van der Waals surface area contributed by atoms with Gasteiger partial charge in [0.05, 0.1) is 11.8 Å². The Morgan fingerprint density at radius 1 is 1.33 bits per heavy atom. The van der Waals surface area contributed by atoms with E-state index in [1.807, 2.05) is 0 Å². The van der Waals surface area contributed by atoms with Crippen LogP contribution in [0.25, 0.3) is 11.4 Å². The smallest absolute Gasteiger partial charge is 0.253 e. The molecule has 0 bridgehead atoms. The van der Waals surface area contributed by atoms with Crippen LogP contribution in [0.1, 0.15) is 0 Å². The molecule has 4 nitrogen and oxygen atoms in total. The Labute approximate surface area is 85.0 Å². The second-order valence-electron chi connectivity index (χ2n) is 3.02. The van der Waals surface area contributed by atoms with E-state index in [0.29, 0.717) is 5.82 Å². The molecule has 0 atom stereocenters. The predicted molar refractivity (Wildman–Crippen MR) is 52.7 cm³/mol. The molecular weight excluding hydrogens is 197 g/mol. The van der Waals surface area contributed by atoms with Gasteiger partial charge in [-0.15, -0.1) is 0 Å². The van der Waals surface area contributed by atoms with Gasteiger partial charge in [-0.25, -0.2) is 9.37 Å². The average molecular weight is 205 g/mol. The van der Waals surface area contributed by atoms with Gasteiger partial charge in [0.1, 0.15) is 5.82 Å². The van der Waals surface area contributed by atoms with E-state index in [-0.39, 0.29) is 11.1 Å². The van der Waals surface area contributed by atoms with Crippen LogP contribution in [0.4, 0.5) is 4.39 Å². The number of halogens is 1. The highest BCUT2D eigenvalue weighted by atomic mass is 19.1. The normalized spacial score (nSPS) is 10.3. The fourth-order valence-corrected chi connectivity index (χ4v) is 1.28. The standard InChI is InChI=1S/C10H8FN3O/c1-14-9(15)3-5-13-10(14)7-2-4-12-6-8(7)11/h2-6H,1H3. The van der Waals surface area contributed by atoms with E-state index in [1.54, 1.807) is 7.05 Å². The van der Waals surface area contributed by atoms with Gasteiger partial charge in [-0.1, -0.05) is 0 Å². The minimum Gasteiger partial charge on any atom is -0.296 e. The van der Waals surface area contributed by atoms with E-state index >= 15 is 0 Å². The molecule has 0 unspecified atom stereocenters. The van der Waals surface area contributed by atoms with Crippen LogP contribution in [-0.2, 0) is 7.05 Å². The molecule has 0 aliphatic carbocycles. The first-order chi connectivity index (χ1) is 7.20. The van der Waals surface area contributed by atoms with Gasteiger partial charge in [0.2, 0.25) is 0 Å². The first-order valence-electron chi connectivity index (χ1n) is 4.32. The molecular formula is C10H8FN3O. The third-order valence-electron chi connectivity index (χ3n) is 2.08. The van der Waals surface area contributed by atoms with Crippen LogP contribution in [0.3, 0.4) is 0 Å². The van der Waals surface area contributed by atoms with Crippen molar-refractivity contribution in [3.05, 3.63) is 46.9 Å². The molecule has 0 N–H and O–H groups in total. The van der Waals surface area contributed by atoms with Crippen molar-refractivity contribution in [1.82, 2.24) is 14.5 Å². The maximum atomic E-state index is 13.4. The Bertz CT molecular complexity index is 550. The second kappa shape index (κ2) is 3.61. The lowest BCUT2D eigenvalue weighted by atomic mass is 10.2. The number of rotatable bonds is 1. The highest BCUT2D eigenvalue weighted by molar-refractivity contribution is 5.54. The number of aromatic nitrogens is 3. The van der Waals surface area contributed by atoms with Gasteiger partial charge >= 0.3 is 0 Å². The summed E-state index contributed by atoms with van der Waals surface area (Å²) >= 11 is 0. The highest BCUT2D eigenvalue weighted by Gasteiger charge is 2.09. The van der Waals surface area contributed by atoms with Crippen LogP contribution in [0.15, 0.2) is 35.5 Å². The van der Waals surface area contributed by atoms with Crippen molar-refractivity contribution >= 4 is 0 Å². The number of hydrogen-bond acceptors (Lipinski definition) is 3. The van der Waals surface area contributed by atoms with Crippen molar-refractivity contribution in [2.75, 3.05) is 0 Å². The van der Waals surface area contributed by atoms with Crippen LogP contribution in [0, 0.1) is 5.82 Å². The number of pyridine rings is 1. The van der Waals surface area contributed by atoms with Crippen LogP contribution >= 0.6 is 0 Å². The summed E-state index contributed by atoms with van der Waals surface area (Å²) in [6.07, 6.45) is 3.91. The highest BCUT2D eigenvalue weighted by Crippen LogP contribution is 2.16. The maximum Gasteiger partial charge on any atom is 0.253 e. The molecule has 2 heterocycles. The summed E-state index contributed by atoms with van der Waals surface area (Å²) in [6, 6.07) is 2.81. The zero-order chi connectivity index (χ0) is 10.8. The van der Waals surface area contributed by atoms with Gasteiger partial charge in [-0.05, 0) is 6.07 Å². The molecule has 0 saturated carbocycles. The molecule has 0 fully saturated rings. The second-order valence-corrected chi connectivity index (χ2v) is 3.02. The van der Waals surface area contributed by atoms with E-state index in [2.05, 4.69) is 9.97 Å². The van der Waals surface area contributed by atoms with Gasteiger partial charge in [0, 0.05) is 25.5 Å². The van der Waals surface area contributed by atoms with E-state index in [1.165, 1.54) is 29.1 Å². The van der Waals surface area contributed by atoms with Gasteiger partial charge in [-0.3, -0.25) is 14.3 Å². The zero-order valence-corrected chi connectivity index (χ0v) is 8.01. The van der Waals surface area contributed by atoms with Crippen LogP contribution in [0.5, 0.6) is 0 Å². The predicted octanol–water partition coefficient (Wildman–Crippen LogP) is 0.981. The van der Waals surface area contributed by atoms with Crippen LogP contribution < -0.4 is 5.56 Å². The molecule has 0 aliphatic rings. The summed E-state index contributed by atoms with van der Waals surface area (Å²) in [4.78, 5) is 18.9. The SMILES string of the molecule is Cn1c(-c2ccncc2F)nccc1=O. The van der Waals surface area contributed by atoms with Gasteiger partial charge < -0.3 is 0 Å². The van der Waals surface area contributed by atoms with Crippen LogP contribution in [-0.4, -0.2) is 14.5 Å². The Kier molecular flexibility index (Phi) is 2.29. The van der Waals surface area contributed by atoms with Crippen molar-refractivity contribution in [2.45, 2.75) is 0 Å². The quantitative estimate of drug-likeness (QED) is 0.697. The molecule has 0 spiro atoms. The Morgan fingerprint density at radius 2 is 2.13 bits per heavy atom. The largest absolute Gasteiger partial charge is 0.296 e. The lowest BCUT2D eigenvalue weighted by Crippen LogP contribution is -2.18. The monoisotopic (exact) mass is 205 g/mol. The Morgan fingerprint density at radius 3 is 2.87 bits per heavy atom. The minimum atomic E-state index is -0.494. The summed E-state index contributed by atoms with van der Waals surface area (Å²) in [6.45, 7) is 0. The van der Waals surface area contributed by atoms with Crippen molar-refractivity contribution in [1.29, 1.82) is 0 Å². The molecule has 0 amide bonds. The minimum absolute atomic E-state index is 0.226. The molecule has 5 heteroatoms. The fourth-order valence-electron chi connectivity index (χ4n) is 1.28. The Hall–Kier alpha value is -2.04. The summed E-state index contributed by atoms with van der Waals surface area (Å²) in [5.41, 5.74) is 0.0430. The third kappa shape index (κ3) is 1.63. The number of hydrogen-bond donors (Lipinski definition) is 0. The van der Waals surface area contributed by atoms with Gasteiger partial charge in [0.15, 0.2) is 5.82 Å². The molecule has 76 valence electrons. The average Bonchev–Trinajstić information content (AvgIpc) is 2.23. The van der Waals surface area contributed by atoms with E-state index in [4.69, 9.17) is 0 Å². The molecule has 2 rings (SSSR count). The lowest BCUT2D eigenvalue weighted by molar-refractivity contribution is 0.621. The molecule has 0 radical (unpaired) electrons. The molecule has 0 aromatic carbocycles. The molecule has 2 aromatic heterocycles. The summed E-state index contributed by atoms with van der Waals surface area (Å²) in [7, 11) is 1.55. The van der Waals surface area contributed by atoms with E-state index in [9.17, 15) is 9.18 Å². The van der Waals surface area contributed by atoms with Gasteiger partial charge in [0.25, 0.3) is 5.56 Å². The van der Waals surface area contributed by atoms with Crippen molar-refractivity contribution in [3.63, 3.8) is 0 Å². The van der Waals surface area contributed by atoms with Gasteiger partial charge in [-0.2, -0.15) is 0 Å². The first kappa shape index (κ1) is 9.51. The zero-order valence-electron chi connectivity index (χ0n) is 8.01. The molecule has 15 heavy (non-hydrogen) atoms. The van der Waals surface area contributed by atoms with Crippen molar-refractivity contribution in [3.8, 4) is 11.4 Å². The molecule has 2 aromatic rings. The number of nitrogens with zero attached hydrogens (tertiary/aromatic N) is 3. The van der Waals surface area contributed by atoms with E-state index < -0.39 is 5.82 Å². The Balaban J connectivity index is 2.70. The molecule has 0 saturated heterocycles. The third-order valence-corrected chi connectivity index (χ3v) is 2.08. The summed E-state index contributed by atoms with van der Waals surface area (Å²) in [5.74, 6) is -0.200. The topological polar surface area (TPSA) is 47.8 Å².